The number of halogens is 1. The molecule has 0 spiro atoms. The van der Waals surface area contributed by atoms with Crippen molar-refractivity contribution >= 4 is 17.9 Å². The van der Waals surface area contributed by atoms with Crippen molar-refractivity contribution in [1.29, 1.82) is 0 Å². The van der Waals surface area contributed by atoms with Crippen molar-refractivity contribution in [1.82, 2.24) is 0 Å². The quantitative estimate of drug-likeness (QED) is 0.702. The lowest BCUT2D eigenvalue weighted by molar-refractivity contribution is 0.112. The lowest BCUT2D eigenvalue weighted by Crippen LogP contribution is -2.24. The second kappa shape index (κ2) is 4.81. The zero-order chi connectivity index (χ0) is 13.3. The van der Waals surface area contributed by atoms with Crippen molar-refractivity contribution in [2.24, 2.45) is 5.41 Å². The molecule has 1 rings (SSSR count). The van der Waals surface area contributed by atoms with Gasteiger partial charge in [-0.1, -0.05) is 52.3 Å². The van der Waals surface area contributed by atoms with Crippen molar-refractivity contribution < 1.29 is 4.79 Å². The summed E-state index contributed by atoms with van der Waals surface area (Å²) in [5.41, 5.74) is 2.06. The van der Waals surface area contributed by atoms with E-state index < -0.39 is 0 Å². The van der Waals surface area contributed by atoms with Crippen molar-refractivity contribution in [2.75, 3.05) is 0 Å². The minimum Gasteiger partial charge on any atom is -0.298 e. The summed E-state index contributed by atoms with van der Waals surface area (Å²) in [4.78, 5) is 10.7. The summed E-state index contributed by atoms with van der Waals surface area (Å²) in [7, 11) is 0. The number of carbonyl (C=O) groups excluding carboxylic acids is 1. The van der Waals surface area contributed by atoms with Crippen molar-refractivity contribution in [3.8, 4) is 0 Å². The highest BCUT2D eigenvalue weighted by molar-refractivity contribution is 6.33. The third-order valence-corrected chi connectivity index (χ3v) is 3.21. The van der Waals surface area contributed by atoms with Crippen LogP contribution in [0.15, 0.2) is 18.2 Å². The minimum absolute atomic E-state index is 0.0588. The zero-order valence-electron chi connectivity index (χ0n) is 11.3. The molecule has 0 aliphatic carbocycles. The molecule has 0 aliphatic heterocycles. The summed E-state index contributed by atoms with van der Waals surface area (Å²) in [6, 6.07) is 5.72. The molecule has 0 aliphatic rings. The van der Waals surface area contributed by atoms with Crippen LogP contribution in [0.2, 0.25) is 5.02 Å². The van der Waals surface area contributed by atoms with Crippen LogP contribution in [0.4, 0.5) is 0 Å². The van der Waals surface area contributed by atoms with Gasteiger partial charge in [0.1, 0.15) is 0 Å². The Balaban J connectivity index is 3.07. The maximum atomic E-state index is 10.7. The van der Waals surface area contributed by atoms with E-state index in [-0.39, 0.29) is 10.8 Å². The van der Waals surface area contributed by atoms with E-state index in [1.165, 1.54) is 5.56 Å². The molecule has 1 aromatic carbocycles. The average Bonchev–Trinajstić information content (AvgIpc) is 2.13. The lowest BCUT2D eigenvalue weighted by atomic mass is 9.72. The van der Waals surface area contributed by atoms with Gasteiger partial charge in [-0.3, -0.25) is 4.79 Å². The Bertz CT molecular complexity index is 413. The van der Waals surface area contributed by atoms with Crippen LogP contribution in [-0.2, 0) is 5.41 Å². The second-order valence-electron chi connectivity index (χ2n) is 6.48. The standard InChI is InChI=1S/C15H21ClO/c1-14(2,3)10-15(4,5)12-7-6-11(9-17)13(16)8-12/h6-9H,10H2,1-5H3. The Morgan fingerprint density at radius 1 is 1.18 bits per heavy atom. The van der Waals surface area contributed by atoms with E-state index in [0.717, 1.165) is 12.7 Å². The summed E-state index contributed by atoms with van der Waals surface area (Å²) in [6.07, 6.45) is 1.86. The highest BCUT2D eigenvalue weighted by Crippen LogP contribution is 2.37. The van der Waals surface area contributed by atoms with Gasteiger partial charge in [0.05, 0.1) is 5.02 Å². The highest BCUT2D eigenvalue weighted by atomic mass is 35.5. The van der Waals surface area contributed by atoms with Gasteiger partial charge in [0, 0.05) is 5.56 Å². The molecule has 1 aromatic rings. The second-order valence-corrected chi connectivity index (χ2v) is 6.88. The maximum absolute atomic E-state index is 10.7. The summed E-state index contributed by atoms with van der Waals surface area (Å²) >= 11 is 6.08. The predicted molar refractivity (Wildman–Crippen MR) is 73.9 cm³/mol. The fraction of sp³-hybridized carbons (Fsp3) is 0.533. The predicted octanol–water partition coefficient (Wildman–Crippen LogP) is 4.87. The molecule has 0 amide bonds. The van der Waals surface area contributed by atoms with E-state index in [1.807, 2.05) is 12.1 Å². The molecule has 0 radical (unpaired) electrons. The molecule has 94 valence electrons. The largest absolute Gasteiger partial charge is 0.298 e. The topological polar surface area (TPSA) is 17.1 Å². The Kier molecular flexibility index (Phi) is 4.03. The molecular formula is C15H21ClO. The van der Waals surface area contributed by atoms with Gasteiger partial charge in [-0.05, 0) is 34.9 Å². The molecule has 0 unspecified atom stereocenters. The molecule has 17 heavy (non-hydrogen) atoms. The van der Waals surface area contributed by atoms with E-state index in [2.05, 4.69) is 34.6 Å². The summed E-state index contributed by atoms with van der Waals surface area (Å²) in [6.45, 7) is 11.1. The first-order valence-electron chi connectivity index (χ1n) is 5.91. The molecule has 0 aromatic heterocycles. The monoisotopic (exact) mass is 252 g/mol. The van der Waals surface area contributed by atoms with Crippen LogP contribution in [0.25, 0.3) is 0 Å². The summed E-state index contributed by atoms with van der Waals surface area (Å²) in [5.74, 6) is 0. The molecule has 1 nitrogen and oxygen atoms in total. The third kappa shape index (κ3) is 3.85. The van der Waals surface area contributed by atoms with Gasteiger partial charge in [-0.25, -0.2) is 0 Å². The number of aldehydes is 1. The Hall–Kier alpha value is -0.820. The molecule has 0 saturated heterocycles. The van der Waals surface area contributed by atoms with Crippen LogP contribution in [0.5, 0.6) is 0 Å². The van der Waals surface area contributed by atoms with Gasteiger partial charge in [0.15, 0.2) is 6.29 Å². The van der Waals surface area contributed by atoms with Crippen molar-refractivity contribution in [3.05, 3.63) is 34.3 Å². The van der Waals surface area contributed by atoms with Crippen molar-refractivity contribution in [3.63, 3.8) is 0 Å². The molecule has 0 fully saturated rings. The molecule has 2 heteroatoms. The van der Waals surface area contributed by atoms with Gasteiger partial charge in [0.25, 0.3) is 0 Å². The Morgan fingerprint density at radius 2 is 1.76 bits per heavy atom. The molecule has 0 heterocycles. The van der Waals surface area contributed by atoms with E-state index >= 15 is 0 Å². The number of hydrogen-bond acceptors (Lipinski definition) is 1. The number of carbonyl (C=O) groups is 1. The molecule has 0 bridgehead atoms. The van der Waals surface area contributed by atoms with E-state index in [1.54, 1.807) is 6.07 Å². The van der Waals surface area contributed by atoms with Gasteiger partial charge in [-0.2, -0.15) is 0 Å². The van der Waals surface area contributed by atoms with Crippen molar-refractivity contribution in [2.45, 2.75) is 46.5 Å². The van der Waals surface area contributed by atoms with Crippen LogP contribution in [0, 0.1) is 5.41 Å². The van der Waals surface area contributed by atoms with E-state index in [0.29, 0.717) is 10.6 Å². The molecule has 0 saturated carbocycles. The summed E-state index contributed by atoms with van der Waals surface area (Å²) < 4.78 is 0. The molecular weight excluding hydrogens is 232 g/mol. The Labute approximate surface area is 109 Å². The number of rotatable bonds is 3. The first-order valence-corrected chi connectivity index (χ1v) is 6.29. The molecule has 0 N–H and O–H groups in total. The van der Waals surface area contributed by atoms with Crippen LogP contribution in [0.3, 0.4) is 0 Å². The van der Waals surface area contributed by atoms with Crippen LogP contribution in [0.1, 0.15) is 57.0 Å². The van der Waals surface area contributed by atoms with Crippen LogP contribution in [-0.4, -0.2) is 6.29 Å². The van der Waals surface area contributed by atoms with E-state index in [9.17, 15) is 4.79 Å². The number of hydrogen-bond donors (Lipinski definition) is 0. The lowest BCUT2D eigenvalue weighted by Gasteiger charge is -2.33. The number of benzene rings is 1. The third-order valence-electron chi connectivity index (χ3n) is 2.88. The summed E-state index contributed by atoms with van der Waals surface area (Å²) in [5, 5.41) is 0.541. The minimum atomic E-state index is 0.0588. The fourth-order valence-corrected chi connectivity index (χ4v) is 2.70. The van der Waals surface area contributed by atoms with Crippen LogP contribution < -0.4 is 0 Å². The van der Waals surface area contributed by atoms with Gasteiger partial charge in [-0.15, -0.1) is 0 Å². The highest BCUT2D eigenvalue weighted by Gasteiger charge is 2.27. The van der Waals surface area contributed by atoms with Gasteiger partial charge >= 0.3 is 0 Å². The van der Waals surface area contributed by atoms with Gasteiger partial charge < -0.3 is 0 Å². The maximum Gasteiger partial charge on any atom is 0.151 e. The fourth-order valence-electron chi connectivity index (χ4n) is 2.47. The zero-order valence-corrected chi connectivity index (χ0v) is 12.1. The average molecular weight is 253 g/mol. The first-order chi connectivity index (χ1) is 7.65. The van der Waals surface area contributed by atoms with Gasteiger partial charge in [0.2, 0.25) is 0 Å². The SMILES string of the molecule is CC(C)(C)CC(C)(C)c1ccc(C=O)c(Cl)c1. The van der Waals surface area contributed by atoms with E-state index in [4.69, 9.17) is 11.6 Å². The normalized spacial score (nSPS) is 12.6. The smallest absolute Gasteiger partial charge is 0.151 e. The molecule has 0 atom stereocenters. The Morgan fingerprint density at radius 3 is 2.18 bits per heavy atom. The first kappa shape index (κ1) is 14.2. The van der Waals surface area contributed by atoms with Crippen LogP contribution >= 0.6 is 11.6 Å².